The molecule has 0 bridgehead atoms. The SMILES string of the molecule is CC(=O)c1cccc(NC(=O)c2ccc(Nc3ccc(F)c(F)c3F)nc2)c1. The van der Waals surface area contributed by atoms with Crippen molar-refractivity contribution in [2.75, 3.05) is 10.6 Å². The molecule has 0 atom stereocenters. The number of nitrogens with zero attached hydrogens (tertiary/aromatic N) is 1. The van der Waals surface area contributed by atoms with Crippen LogP contribution in [0.2, 0.25) is 0 Å². The first-order valence-corrected chi connectivity index (χ1v) is 8.14. The van der Waals surface area contributed by atoms with Crippen LogP contribution in [0.3, 0.4) is 0 Å². The fourth-order valence-corrected chi connectivity index (χ4v) is 2.38. The van der Waals surface area contributed by atoms with Crippen molar-refractivity contribution < 1.29 is 22.8 Å². The van der Waals surface area contributed by atoms with Gasteiger partial charge in [-0.05, 0) is 43.3 Å². The van der Waals surface area contributed by atoms with Gasteiger partial charge in [-0.2, -0.15) is 0 Å². The maximum Gasteiger partial charge on any atom is 0.257 e. The standard InChI is InChI=1S/C20H14F3N3O2/c1-11(27)12-3-2-4-14(9-12)25-20(28)13-5-8-17(24-10-13)26-16-7-6-15(21)18(22)19(16)23/h2-10H,1H3,(H,24,26)(H,25,28). The van der Waals surface area contributed by atoms with Crippen molar-refractivity contribution in [3.05, 3.63) is 83.3 Å². The van der Waals surface area contributed by atoms with E-state index in [-0.39, 0.29) is 22.9 Å². The summed E-state index contributed by atoms with van der Waals surface area (Å²) >= 11 is 0. The molecule has 0 aliphatic carbocycles. The third-order valence-corrected chi connectivity index (χ3v) is 3.85. The van der Waals surface area contributed by atoms with Crippen molar-refractivity contribution in [2.45, 2.75) is 6.92 Å². The van der Waals surface area contributed by atoms with E-state index in [0.29, 0.717) is 11.3 Å². The van der Waals surface area contributed by atoms with E-state index in [1.54, 1.807) is 24.3 Å². The van der Waals surface area contributed by atoms with Crippen molar-refractivity contribution in [3.63, 3.8) is 0 Å². The lowest BCUT2D eigenvalue weighted by Crippen LogP contribution is -2.12. The predicted molar refractivity (Wildman–Crippen MR) is 98.2 cm³/mol. The molecule has 0 radical (unpaired) electrons. The number of pyridine rings is 1. The van der Waals surface area contributed by atoms with Gasteiger partial charge >= 0.3 is 0 Å². The number of anilines is 3. The molecule has 1 aromatic heterocycles. The fraction of sp³-hybridized carbons (Fsp3) is 0.0500. The Morgan fingerprint density at radius 1 is 0.929 bits per heavy atom. The van der Waals surface area contributed by atoms with Gasteiger partial charge in [-0.1, -0.05) is 12.1 Å². The number of ketones is 1. The Hall–Kier alpha value is -3.68. The summed E-state index contributed by atoms with van der Waals surface area (Å²) in [5, 5.41) is 5.16. The summed E-state index contributed by atoms with van der Waals surface area (Å²) in [7, 11) is 0. The predicted octanol–water partition coefficient (Wildman–Crippen LogP) is 4.70. The normalized spacial score (nSPS) is 10.4. The van der Waals surface area contributed by atoms with Gasteiger partial charge in [0.25, 0.3) is 5.91 Å². The molecule has 142 valence electrons. The van der Waals surface area contributed by atoms with Gasteiger partial charge in [0.2, 0.25) is 0 Å². The lowest BCUT2D eigenvalue weighted by Gasteiger charge is -2.09. The number of hydrogen-bond acceptors (Lipinski definition) is 4. The van der Waals surface area contributed by atoms with Gasteiger partial charge in [0.15, 0.2) is 23.2 Å². The monoisotopic (exact) mass is 385 g/mol. The van der Waals surface area contributed by atoms with Crippen LogP contribution in [-0.2, 0) is 0 Å². The number of halogens is 3. The second-order valence-electron chi connectivity index (χ2n) is 5.87. The number of aromatic nitrogens is 1. The van der Waals surface area contributed by atoms with E-state index in [1.165, 1.54) is 25.3 Å². The van der Waals surface area contributed by atoms with Crippen molar-refractivity contribution in [2.24, 2.45) is 0 Å². The Labute approximate surface area is 158 Å². The number of amides is 1. The molecule has 0 aliphatic rings. The highest BCUT2D eigenvalue weighted by molar-refractivity contribution is 6.05. The van der Waals surface area contributed by atoms with E-state index >= 15 is 0 Å². The molecule has 0 spiro atoms. The zero-order chi connectivity index (χ0) is 20.3. The zero-order valence-corrected chi connectivity index (χ0v) is 14.6. The molecule has 1 amide bonds. The number of hydrogen-bond donors (Lipinski definition) is 2. The summed E-state index contributed by atoms with van der Waals surface area (Å²) in [6.45, 7) is 1.42. The van der Waals surface area contributed by atoms with Gasteiger partial charge in [-0.25, -0.2) is 18.2 Å². The van der Waals surface area contributed by atoms with Gasteiger partial charge in [-0.3, -0.25) is 9.59 Å². The largest absolute Gasteiger partial charge is 0.338 e. The van der Waals surface area contributed by atoms with Crippen molar-refractivity contribution in [1.82, 2.24) is 4.98 Å². The number of benzene rings is 2. The maximum atomic E-state index is 13.7. The average molecular weight is 385 g/mol. The first kappa shape index (κ1) is 19.1. The first-order chi connectivity index (χ1) is 13.3. The highest BCUT2D eigenvalue weighted by Gasteiger charge is 2.14. The molecule has 2 aromatic carbocycles. The van der Waals surface area contributed by atoms with Gasteiger partial charge in [0.05, 0.1) is 11.3 Å². The highest BCUT2D eigenvalue weighted by atomic mass is 19.2. The third kappa shape index (κ3) is 4.17. The smallest absolute Gasteiger partial charge is 0.257 e. The summed E-state index contributed by atoms with van der Waals surface area (Å²) in [6, 6.07) is 11.1. The molecular weight excluding hydrogens is 371 g/mol. The zero-order valence-electron chi connectivity index (χ0n) is 14.6. The Morgan fingerprint density at radius 3 is 2.39 bits per heavy atom. The van der Waals surface area contributed by atoms with Crippen molar-refractivity contribution in [3.8, 4) is 0 Å². The molecule has 0 fully saturated rings. The number of Topliss-reactive ketones (excluding diaryl/α,β-unsaturated/α-hetero) is 1. The van der Waals surface area contributed by atoms with Crippen molar-refractivity contribution in [1.29, 1.82) is 0 Å². The summed E-state index contributed by atoms with van der Waals surface area (Å²) in [6.07, 6.45) is 1.24. The van der Waals surface area contributed by atoms with E-state index in [9.17, 15) is 22.8 Å². The summed E-state index contributed by atoms with van der Waals surface area (Å²) in [5.74, 6) is -4.70. The minimum absolute atomic E-state index is 0.127. The Kier molecular flexibility index (Phi) is 5.39. The molecule has 0 saturated heterocycles. The second kappa shape index (κ2) is 7.91. The van der Waals surface area contributed by atoms with E-state index in [0.717, 1.165) is 12.1 Å². The lowest BCUT2D eigenvalue weighted by molar-refractivity contribution is 0.101. The van der Waals surface area contributed by atoms with Crippen LogP contribution in [-0.4, -0.2) is 16.7 Å². The molecule has 3 rings (SSSR count). The number of carbonyl (C=O) groups is 2. The van der Waals surface area contributed by atoms with Crippen LogP contribution in [0.25, 0.3) is 0 Å². The van der Waals surface area contributed by atoms with Gasteiger partial charge < -0.3 is 10.6 Å². The molecule has 1 heterocycles. The van der Waals surface area contributed by atoms with E-state index in [1.807, 2.05) is 0 Å². The summed E-state index contributed by atoms with van der Waals surface area (Å²) in [5.41, 5.74) is 0.835. The molecule has 3 aromatic rings. The quantitative estimate of drug-likeness (QED) is 0.493. The van der Waals surface area contributed by atoms with E-state index in [2.05, 4.69) is 15.6 Å². The van der Waals surface area contributed by atoms with Crippen LogP contribution in [0, 0.1) is 17.5 Å². The van der Waals surface area contributed by atoms with E-state index in [4.69, 9.17) is 0 Å². The molecular formula is C20H14F3N3O2. The molecule has 8 heteroatoms. The van der Waals surface area contributed by atoms with Crippen LogP contribution < -0.4 is 10.6 Å². The third-order valence-electron chi connectivity index (χ3n) is 3.85. The Balaban J connectivity index is 1.72. The Morgan fingerprint density at radius 2 is 1.71 bits per heavy atom. The van der Waals surface area contributed by atoms with Crippen LogP contribution >= 0.6 is 0 Å². The minimum Gasteiger partial charge on any atom is -0.338 e. The molecule has 28 heavy (non-hydrogen) atoms. The number of carbonyl (C=O) groups excluding carboxylic acids is 2. The lowest BCUT2D eigenvalue weighted by atomic mass is 10.1. The summed E-state index contributed by atoms with van der Waals surface area (Å²) < 4.78 is 39.9. The number of nitrogens with one attached hydrogen (secondary N) is 2. The molecule has 0 unspecified atom stereocenters. The molecule has 0 saturated carbocycles. The van der Waals surface area contributed by atoms with Gasteiger partial charge in [-0.15, -0.1) is 0 Å². The second-order valence-corrected chi connectivity index (χ2v) is 5.87. The number of rotatable bonds is 5. The summed E-state index contributed by atoms with van der Waals surface area (Å²) in [4.78, 5) is 27.7. The van der Waals surface area contributed by atoms with Crippen molar-refractivity contribution >= 4 is 28.9 Å². The first-order valence-electron chi connectivity index (χ1n) is 8.14. The minimum atomic E-state index is -1.59. The molecule has 5 nitrogen and oxygen atoms in total. The van der Waals surface area contributed by atoms with E-state index < -0.39 is 23.4 Å². The van der Waals surface area contributed by atoms with Gasteiger partial charge in [0.1, 0.15) is 5.82 Å². The fourth-order valence-electron chi connectivity index (χ4n) is 2.38. The van der Waals surface area contributed by atoms with Crippen LogP contribution in [0.1, 0.15) is 27.6 Å². The maximum absolute atomic E-state index is 13.7. The van der Waals surface area contributed by atoms with Crippen LogP contribution in [0.5, 0.6) is 0 Å². The average Bonchev–Trinajstić information content (AvgIpc) is 2.69. The molecule has 2 N–H and O–H groups in total. The topological polar surface area (TPSA) is 71.1 Å². The Bertz CT molecular complexity index is 1050. The van der Waals surface area contributed by atoms with Gasteiger partial charge in [0, 0.05) is 17.4 Å². The highest BCUT2D eigenvalue weighted by Crippen LogP contribution is 2.23. The van der Waals surface area contributed by atoms with Crippen LogP contribution in [0.4, 0.5) is 30.4 Å². The molecule has 0 aliphatic heterocycles. The van der Waals surface area contributed by atoms with Crippen LogP contribution in [0.15, 0.2) is 54.7 Å².